The number of carboxylic acid groups (broad SMARTS) is 1. The molecule has 6 heteroatoms. The first-order valence-corrected chi connectivity index (χ1v) is 8.49. The molecular formula is C16H21NO4S. The van der Waals surface area contributed by atoms with Crippen LogP contribution in [0.1, 0.15) is 31.2 Å². The molecule has 2 rings (SSSR count). The average molecular weight is 323 g/mol. The maximum atomic E-state index is 11.8. The van der Waals surface area contributed by atoms with Gasteiger partial charge in [0.25, 0.3) is 0 Å². The van der Waals surface area contributed by atoms with Gasteiger partial charge in [-0.25, -0.2) is 4.79 Å². The van der Waals surface area contributed by atoms with Crippen LogP contribution in [0.15, 0.2) is 30.3 Å². The molecule has 1 aromatic carbocycles. The number of nitrogens with one attached hydrogen (secondary N) is 1. The van der Waals surface area contributed by atoms with Gasteiger partial charge in [-0.1, -0.05) is 30.3 Å². The molecule has 1 aliphatic carbocycles. The summed E-state index contributed by atoms with van der Waals surface area (Å²) in [4.78, 5) is 22.3. The first-order chi connectivity index (χ1) is 10.6. The molecule has 0 unspecified atom stereocenters. The van der Waals surface area contributed by atoms with Crippen molar-refractivity contribution in [2.24, 2.45) is 0 Å². The molecule has 0 atom stereocenters. The highest BCUT2D eigenvalue weighted by molar-refractivity contribution is 8.00. The molecular weight excluding hydrogens is 302 g/mol. The second kappa shape index (κ2) is 8.68. The van der Waals surface area contributed by atoms with E-state index in [2.05, 4.69) is 5.32 Å². The third kappa shape index (κ3) is 5.97. The van der Waals surface area contributed by atoms with E-state index in [1.165, 1.54) is 11.8 Å². The SMILES string of the molecule is O=C(O)CSC1CCC(NC(=O)OCc2ccccc2)CC1. The smallest absolute Gasteiger partial charge is 0.407 e. The number of amides is 1. The molecule has 0 saturated heterocycles. The fourth-order valence-corrected chi connectivity index (χ4v) is 3.48. The van der Waals surface area contributed by atoms with Gasteiger partial charge in [-0.2, -0.15) is 0 Å². The summed E-state index contributed by atoms with van der Waals surface area (Å²) >= 11 is 1.49. The molecule has 0 bridgehead atoms. The molecule has 1 fully saturated rings. The van der Waals surface area contributed by atoms with Crippen molar-refractivity contribution in [1.82, 2.24) is 5.32 Å². The van der Waals surface area contributed by atoms with E-state index in [1.54, 1.807) is 0 Å². The van der Waals surface area contributed by atoms with E-state index >= 15 is 0 Å². The lowest BCUT2D eigenvalue weighted by atomic mass is 9.95. The predicted octanol–water partition coefficient (Wildman–Crippen LogP) is 3.04. The minimum absolute atomic E-state index is 0.130. The first-order valence-electron chi connectivity index (χ1n) is 7.44. The van der Waals surface area contributed by atoms with Crippen molar-refractivity contribution in [1.29, 1.82) is 0 Å². The van der Waals surface area contributed by atoms with Gasteiger partial charge in [-0.05, 0) is 31.2 Å². The third-order valence-electron chi connectivity index (χ3n) is 3.65. The molecule has 1 aromatic rings. The number of ether oxygens (including phenoxy) is 1. The molecule has 2 N–H and O–H groups in total. The number of carboxylic acids is 1. The zero-order valence-corrected chi connectivity index (χ0v) is 13.2. The minimum Gasteiger partial charge on any atom is -0.481 e. The summed E-state index contributed by atoms with van der Waals surface area (Å²) in [5.41, 5.74) is 0.964. The highest BCUT2D eigenvalue weighted by Gasteiger charge is 2.23. The first kappa shape index (κ1) is 16.7. The molecule has 5 nitrogen and oxygen atoms in total. The van der Waals surface area contributed by atoms with Crippen LogP contribution in [-0.4, -0.2) is 34.2 Å². The van der Waals surface area contributed by atoms with Crippen molar-refractivity contribution in [3.8, 4) is 0 Å². The van der Waals surface area contributed by atoms with E-state index in [9.17, 15) is 9.59 Å². The Labute approximate surface area is 134 Å². The number of hydrogen-bond donors (Lipinski definition) is 2. The third-order valence-corrected chi connectivity index (χ3v) is 5.01. The molecule has 0 aliphatic heterocycles. The maximum Gasteiger partial charge on any atom is 0.407 e. The Morgan fingerprint density at radius 2 is 1.86 bits per heavy atom. The van der Waals surface area contributed by atoms with Crippen LogP contribution in [0.5, 0.6) is 0 Å². The number of rotatable bonds is 6. The van der Waals surface area contributed by atoms with Gasteiger partial charge in [-0.15, -0.1) is 11.8 Å². The number of thioether (sulfide) groups is 1. The Morgan fingerprint density at radius 1 is 1.18 bits per heavy atom. The summed E-state index contributed by atoms with van der Waals surface area (Å²) in [5.74, 6) is -0.614. The Morgan fingerprint density at radius 3 is 2.50 bits per heavy atom. The van der Waals surface area contributed by atoms with Crippen molar-refractivity contribution < 1.29 is 19.4 Å². The van der Waals surface area contributed by atoms with Crippen molar-refractivity contribution in [3.05, 3.63) is 35.9 Å². The van der Waals surface area contributed by atoms with Gasteiger partial charge >= 0.3 is 12.1 Å². The van der Waals surface area contributed by atoms with Crippen LogP contribution in [0, 0.1) is 0 Å². The summed E-state index contributed by atoms with van der Waals surface area (Å²) in [6.07, 6.45) is 3.23. The normalized spacial score (nSPS) is 21.1. The second-order valence-corrected chi connectivity index (χ2v) is 6.67. The number of carbonyl (C=O) groups is 2. The molecule has 22 heavy (non-hydrogen) atoms. The van der Waals surface area contributed by atoms with E-state index in [4.69, 9.17) is 9.84 Å². The molecule has 1 amide bonds. The summed E-state index contributed by atoms with van der Waals surface area (Å²) in [7, 11) is 0. The fourth-order valence-electron chi connectivity index (χ4n) is 2.49. The van der Waals surface area contributed by atoms with Crippen molar-refractivity contribution >= 4 is 23.8 Å². The molecule has 0 spiro atoms. The van der Waals surface area contributed by atoms with Crippen LogP contribution in [0.4, 0.5) is 4.79 Å². The number of aliphatic carboxylic acids is 1. The Kier molecular flexibility index (Phi) is 6.58. The van der Waals surface area contributed by atoms with Crippen LogP contribution in [0.25, 0.3) is 0 Å². The van der Waals surface area contributed by atoms with Crippen LogP contribution >= 0.6 is 11.8 Å². The van der Waals surface area contributed by atoms with Gasteiger partial charge in [0, 0.05) is 11.3 Å². The Hall–Kier alpha value is -1.69. The van der Waals surface area contributed by atoms with Crippen LogP contribution in [0.2, 0.25) is 0 Å². The number of carbonyl (C=O) groups excluding carboxylic acids is 1. The van der Waals surface area contributed by atoms with E-state index in [0.717, 1.165) is 31.2 Å². The van der Waals surface area contributed by atoms with E-state index in [-0.39, 0.29) is 24.5 Å². The number of benzene rings is 1. The fraction of sp³-hybridized carbons (Fsp3) is 0.500. The Bertz CT molecular complexity index is 486. The van der Waals surface area contributed by atoms with Gasteiger partial charge in [0.2, 0.25) is 0 Å². The van der Waals surface area contributed by atoms with Crippen molar-refractivity contribution in [2.45, 2.75) is 43.6 Å². The number of alkyl carbamates (subject to hydrolysis) is 1. The minimum atomic E-state index is -0.769. The monoisotopic (exact) mass is 323 g/mol. The van der Waals surface area contributed by atoms with E-state index in [1.807, 2.05) is 30.3 Å². The lowest BCUT2D eigenvalue weighted by Crippen LogP contribution is -2.38. The van der Waals surface area contributed by atoms with Crippen LogP contribution in [-0.2, 0) is 16.1 Å². The van der Waals surface area contributed by atoms with Gasteiger partial charge in [0.1, 0.15) is 6.61 Å². The highest BCUT2D eigenvalue weighted by atomic mass is 32.2. The lowest BCUT2D eigenvalue weighted by molar-refractivity contribution is -0.133. The second-order valence-electron chi connectivity index (χ2n) is 5.38. The average Bonchev–Trinajstić information content (AvgIpc) is 2.53. The summed E-state index contributed by atoms with van der Waals surface area (Å²) in [6, 6.07) is 9.70. The number of hydrogen-bond acceptors (Lipinski definition) is 4. The molecule has 120 valence electrons. The largest absolute Gasteiger partial charge is 0.481 e. The zero-order chi connectivity index (χ0) is 15.8. The molecule has 1 saturated carbocycles. The highest BCUT2D eigenvalue weighted by Crippen LogP contribution is 2.28. The van der Waals surface area contributed by atoms with Crippen LogP contribution < -0.4 is 5.32 Å². The van der Waals surface area contributed by atoms with Crippen molar-refractivity contribution in [3.63, 3.8) is 0 Å². The predicted molar refractivity (Wildman–Crippen MR) is 85.9 cm³/mol. The molecule has 0 radical (unpaired) electrons. The van der Waals surface area contributed by atoms with Crippen molar-refractivity contribution in [2.75, 3.05) is 5.75 Å². The van der Waals surface area contributed by atoms with Gasteiger partial charge in [0.05, 0.1) is 5.75 Å². The standard InChI is InChI=1S/C16H21NO4S/c18-15(19)11-22-14-8-6-13(7-9-14)17-16(20)21-10-12-4-2-1-3-5-12/h1-5,13-14H,6-11H2,(H,17,20)(H,18,19). The maximum absolute atomic E-state index is 11.8. The lowest BCUT2D eigenvalue weighted by Gasteiger charge is -2.28. The topological polar surface area (TPSA) is 75.6 Å². The molecule has 1 aliphatic rings. The van der Waals surface area contributed by atoms with E-state index < -0.39 is 5.97 Å². The summed E-state index contributed by atoms with van der Waals surface area (Å²) in [6.45, 7) is 0.274. The molecule has 0 heterocycles. The summed E-state index contributed by atoms with van der Waals surface area (Å²) in [5, 5.41) is 11.9. The summed E-state index contributed by atoms with van der Waals surface area (Å²) < 4.78 is 5.20. The Balaban J connectivity index is 1.63. The van der Waals surface area contributed by atoms with Gasteiger partial charge in [0.15, 0.2) is 0 Å². The quantitative estimate of drug-likeness (QED) is 0.841. The van der Waals surface area contributed by atoms with Crippen LogP contribution in [0.3, 0.4) is 0 Å². The molecule has 0 aromatic heterocycles. The van der Waals surface area contributed by atoms with E-state index in [0.29, 0.717) is 5.25 Å². The van der Waals surface area contributed by atoms with Gasteiger partial charge < -0.3 is 15.2 Å². The van der Waals surface area contributed by atoms with Gasteiger partial charge in [-0.3, -0.25) is 4.79 Å². The zero-order valence-electron chi connectivity index (χ0n) is 12.4.